The monoisotopic (exact) mass is 255 g/mol. The second kappa shape index (κ2) is 4.78. The van der Waals surface area contributed by atoms with Gasteiger partial charge in [-0.1, -0.05) is 6.07 Å². The molecule has 18 heavy (non-hydrogen) atoms. The van der Waals surface area contributed by atoms with E-state index in [9.17, 15) is 17.6 Å². The average Bonchev–Trinajstić information content (AvgIpc) is 2.36. The van der Waals surface area contributed by atoms with Gasteiger partial charge in [-0.15, -0.1) is 0 Å². The van der Waals surface area contributed by atoms with Crippen LogP contribution in [-0.2, 0) is 6.54 Å². The summed E-state index contributed by atoms with van der Waals surface area (Å²) in [6.07, 6.45) is 0. The van der Waals surface area contributed by atoms with Gasteiger partial charge in [0.15, 0.2) is 17.5 Å². The quantitative estimate of drug-likeness (QED) is 0.646. The Morgan fingerprint density at radius 2 is 1.39 bits per heavy atom. The first-order valence-electron chi connectivity index (χ1n) is 5.16. The lowest BCUT2D eigenvalue weighted by atomic mass is 10.0. The molecule has 0 aromatic heterocycles. The Labute approximate surface area is 101 Å². The minimum absolute atomic E-state index is 0.0359. The normalized spacial score (nSPS) is 10.7. The van der Waals surface area contributed by atoms with Crippen molar-refractivity contribution in [1.29, 1.82) is 0 Å². The zero-order valence-electron chi connectivity index (χ0n) is 9.18. The lowest BCUT2D eigenvalue weighted by Gasteiger charge is -2.06. The first kappa shape index (κ1) is 12.6. The standard InChI is InChI=1S/C13H9F4N/c14-10-2-1-7(3-9(10)6-18)8-4-11(15)13(17)12(16)5-8/h1-5H,6,18H2. The number of rotatable bonds is 2. The molecule has 0 fully saturated rings. The van der Waals surface area contributed by atoms with Crippen molar-refractivity contribution in [2.24, 2.45) is 5.73 Å². The van der Waals surface area contributed by atoms with Crippen molar-refractivity contribution < 1.29 is 17.6 Å². The molecule has 0 unspecified atom stereocenters. The fourth-order valence-corrected chi connectivity index (χ4v) is 1.63. The molecule has 0 atom stereocenters. The molecule has 2 rings (SSSR count). The van der Waals surface area contributed by atoms with Gasteiger partial charge in [-0.05, 0) is 35.4 Å². The summed E-state index contributed by atoms with van der Waals surface area (Å²) in [5.41, 5.74) is 6.05. The van der Waals surface area contributed by atoms with Crippen molar-refractivity contribution >= 4 is 0 Å². The number of hydrogen-bond donors (Lipinski definition) is 1. The van der Waals surface area contributed by atoms with E-state index in [1.54, 1.807) is 0 Å². The average molecular weight is 255 g/mol. The second-order valence-electron chi connectivity index (χ2n) is 3.76. The van der Waals surface area contributed by atoms with Gasteiger partial charge in [0.2, 0.25) is 0 Å². The van der Waals surface area contributed by atoms with Gasteiger partial charge in [0.1, 0.15) is 5.82 Å². The predicted molar refractivity (Wildman–Crippen MR) is 59.6 cm³/mol. The van der Waals surface area contributed by atoms with Crippen molar-refractivity contribution in [1.82, 2.24) is 0 Å². The van der Waals surface area contributed by atoms with Crippen LogP contribution < -0.4 is 5.73 Å². The summed E-state index contributed by atoms with van der Waals surface area (Å²) >= 11 is 0. The molecule has 0 saturated carbocycles. The topological polar surface area (TPSA) is 26.0 Å². The third kappa shape index (κ3) is 2.22. The van der Waals surface area contributed by atoms with E-state index in [0.717, 1.165) is 18.2 Å². The molecule has 0 saturated heterocycles. The number of nitrogens with two attached hydrogens (primary N) is 1. The van der Waals surface area contributed by atoms with Crippen LogP contribution in [0, 0.1) is 23.3 Å². The molecular weight excluding hydrogens is 246 g/mol. The zero-order chi connectivity index (χ0) is 13.3. The van der Waals surface area contributed by atoms with Gasteiger partial charge < -0.3 is 5.73 Å². The predicted octanol–water partition coefficient (Wildman–Crippen LogP) is 3.37. The van der Waals surface area contributed by atoms with Gasteiger partial charge in [0, 0.05) is 12.1 Å². The van der Waals surface area contributed by atoms with Gasteiger partial charge in [-0.25, -0.2) is 17.6 Å². The van der Waals surface area contributed by atoms with E-state index in [-0.39, 0.29) is 17.7 Å². The van der Waals surface area contributed by atoms with Gasteiger partial charge in [-0.3, -0.25) is 0 Å². The summed E-state index contributed by atoms with van der Waals surface area (Å²) in [6.45, 7) is -0.0359. The molecule has 1 nitrogen and oxygen atoms in total. The molecule has 0 amide bonds. The van der Waals surface area contributed by atoms with Crippen LogP contribution in [0.3, 0.4) is 0 Å². The summed E-state index contributed by atoms with van der Waals surface area (Å²) in [5, 5.41) is 0. The highest BCUT2D eigenvalue weighted by molar-refractivity contribution is 5.64. The van der Waals surface area contributed by atoms with E-state index in [2.05, 4.69) is 0 Å². The molecule has 0 aliphatic heterocycles. The number of benzene rings is 2. The molecule has 0 aliphatic carbocycles. The fraction of sp³-hybridized carbons (Fsp3) is 0.0769. The van der Waals surface area contributed by atoms with Crippen LogP contribution in [0.4, 0.5) is 17.6 Å². The minimum atomic E-state index is -1.53. The molecule has 0 bridgehead atoms. The van der Waals surface area contributed by atoms with E-state index in [0.29, 0.717) is 5.56 Å². The van der Waals surface area contributed by atoms with Crippen molar-refractivity contribution in [2.45, 2.75) is 6.54 Å². The highest BCUT2D eigenvalue weighted by Crippen LogP contribution is 2.25. The van der Waals surface area contributed by atoms with Gasteiger partial charge in [0.05, 0.1) is 0 Å². The molecule has 0 radical (unpaired) electrons. The lowest BCUT2D eigenvalue weighted by Crippen LogP contribution is -2.00. The SMILES string of the molecule is NCc1cc(-c2cc(F)c(F)c(F)c2)ccc1F. The highest BCUT2D eigenvalue weighted by Gasteiger charge is 2.12. The Morgan fingerprint density at radius 3 is 1.94 bits per heavy atom. The van der Waals surface area contributed by atoms with Crippen LogP contribution in [0.5, 0.6) is 0 Å². The molecule has 2 aromatic carbocycles. The molecule has 0 aliphatic rings. The van der Waals surface area contributed by atoms with Crippen LogP contribution in [0.1, 0.15) is 5.56 Å². The maximum atomic E-state index is 13.2. The Hall–Kier alpha value is -1.88. The summed E-state index contributed by atoms with van der Waals surface area (Å²) in [6, 6.07) is 5.58. The summed E-state index contributed by atoms with van der Waals surface area (Å²) in [4.78, 5) is 0. The first-order valence-corrected chi connectivity index (χ1v) is 5.16. The zero-order valence-corrected chi connectivity index (χ0v) is 9.18. The highest BCUT2D eigenvalue weighted by atomic mass is 19.2. The van der Waals surface area contributed by atoms with Gasteiger partial charge in [-0.2, -0.15) is 0 Å². The fourth-order valence-electron chi connectivity index (χ4n) is 1.63. The second-order valence-corrected chi connectivity index (χ2v) is 3.76. The van der Waals surface area contributed by atoms with Crippen LogP contribution in [0.25, 0.3) is 11.1 Å². The van der Waals surface area contributed by atoms with Gasteiger partial charge in [0.25, 0.3) is 0 Å². The molecule has 2 aromatic rings. The molecule has 2 N–H and O–H groups in total. The Kier molecular flexibility index (Phi) is 3.34. The molecule has 94 valence electrons. The number of halogens is 4. The molecular formula is C13H9F4N. The molecule has 5 heteroatoms. The summed E-state index contributed by atoms with van der Waals surface area (Å²) < 4.78 is 52.2. The van der Waals surface area contributed by atoms with Crippen molar-refractivity contribution in [3.8, 4) is 11.1 Å². The third-order valence-corrected chi connectivity index (χ3v) is 2.58. The van der Waals surface area contributed by atoms with E-state index in [4.69, 9.17) is 5.73 Å². The third-order valence-electron chi connectivity index (χ3n) is 2.58. The van der Waals surface area contributed by atoms with Crippen LogP contribution in [-0.4, -0.2) is 0 Å². The van der Waals surface area contributed by atoms with Crippen molar-refractivity contribution in [2.75, 3.05) is 0 Å². The van der Waals surface area contributed by atoms with E-state index in [1.807, 2.05) is 0 Å². The van der Waals surface area contributed by atoms with Crippen LogP contribution >= 0.6 is 0 Å². The minimum Gasteiger partial charge on any atom is -0.326 e. The number of hydrogen-bond acceptors (Lipinski definition) is 1. The van der Waals surface area contributed by atoms with Crippen LogP contribution in [0.15, 0.2) is 30.3 Å². The lowest BCUT2D eigenvalue weighted by molar-refractivity contribution is 0.447. The van der Waals surface area contributed by atoms with E-state index >= 15 is 0 Å². The van der Waals surface area contributed by atoms with E-state index < -0.39 is 23.3 Å². The summed E-state index contributed by atoms with van der Waals surface area (Å²) in [5.74, 6) is -4.60. The summed E-state index contributed by atoms with van der Waals surface area (Å²) in [7, 11) is 0. The Balaban J connectivity index is 2.55. The first-order chi connectivity index (χ1) is 8.52. The van der Waals surface area contributed by atoms with E-state index in [1.165, 1.54) is 12.1 Å². The van der Waals surface area contributed by atoms with Crippen molar-refractivity contribution in [3.63, 3.8) is 0 Å². The Morgan fingerprint density at radius 1 is 0.778 bits per heavy atom. The molecule has 0 spiro atoms. The maximum Gasteiger partial charge on any atom is 0.194 e. The van der Waals surface area contributed by atoms with Crippen LogP contribution in [0.2, 0.25) is 0 Å². The smallest absolute Gasteiger partial charge is 0.194 e. The molecule has 0 heterocycles. The maximum absolute atomic E-state index is 13.2. The van der Waals surface area contributed by atoms with Gasteiger partial charge >= 0.3 is 0 Å². The largest absolute Gasteiger partial charge is 0.326 e. The Bertz CT molecular complexity index is 573. The van der Waals surface area contributed by atoms with Crippen molar-refractivity contribution in [3.05, 3.63) is 59.2 Å².